The SMILES string of the molecule is COc1cc(OC)cc(C(=O)C2CCCC2C)c1. The van der Waals surface area contributed by atoms with Crippen LogP contribution in [0, 0.1) is 11.8 Å². The van der Waals surface area contributed by atoms with E-state index < -0.39 is 0 Å². The van der Waals surface area contributed by atoms with Gasteiger partial charge in [0.05, 0.1) is 14.2 Å². The maximum atomic E-state index is 12.5. The molecule has 1 saturated carbocycles. The predicted octanol–water partition coefficient (Wildman–Crippen LogP) is 3.32. The van der Waals surface area contributed by atoms with Gasteiger partial charge < -0.3 is 9.47 Å². The van der Waals surface area contributed by atoms with Crippen LogP contribution < -0.4 is 9.47 Å². The van der Waals surface area contributed by atoms with Crippen LogP contribution in [0.1, 0.15) is 36.5 Å². The molecule has 2 unspecified atom stereocenters. The predicted molar refractivity (Wildman–Crippen MR) is 70.4 cm³/mol. The van der Waals surface area contributed by atoms with Gasteiger partial charge in [-0.25, -0.2) is 0 Å². The second-order valence-corrected chi connectivity index (χ2v) is 4.98. The van der Waals surface area contributed by atoms with Crippen molar-refractivity contribution < 1.29 is 14.3 Å². The zero-order valence-electron chi connectivity index (χ0n) is 11.2. The van der Waals surface area contributed by atoms with Gasteiger partial charge in [0.15, 0.2) is 5.78 Å². The van der Waals surface area contributed by atoms with Crippen molar-refractivity contribution >= 4 is 5.78 Å². The van der Waals surface area contributed by atoms with E-state index in [2.05, 4.69) is 6.92 Å². The Hall–Kier alpha value is -1.51. The van der Waals surface area contributed by atoms with Gasteiger partial charge in [-0.2, -0.15) is 0 Å². The summed E-state index contributed by atoms with van der Waals surface area (Å²) in [6, 6.07) is 5.39. The highest BCUT2D eigenvalue weighted by atomic mass is 16.5. The Morgan fingerprint density at radius 1 is 1.11 bits per heavy atom. The molecule has 0 heterocycles. The molecule has 3 nitrogen and oxygen atoms in total. The Labute approximate surface area is 108 Å². The Morgan fingerprint density at radius 2 is 1.72 bits per heavy atom. The zero-order chi connectivity index (χ0) is 13.1. The third-order valence-electron chi connectivity index (χ3n) is 3.83. The molecule has 1 aliphatic rings. The fraction of sp³-hybridized carbons (Fsp3) is 0.533. The van der Waals surface area contributed by atoms with Crippen molar-refractivity contribution in [3.8, 4) is 11.5 Å². The molecular weight excluding hydrogens is 228 g/mol. The summed E-state index contributed by atoms with van der Waals surface area (Å²) in [5.41, 5.74) is 0.699. The number of methoxy groups -OCH3 is 2. The average Bonchev–Trinajstić information content (AvgIpc) is 2.83. The van der Waals surface area contributed by atoms with Crippen LogP contribution in [0.2, 0.25) is 0 Å². The third kappa shape index (κ3) is 2.50. The molecule has 98 valence electrons. The summed E-state index contributed by atoms with van der Waals surface area (Å²) >= 11 is 0. The number of carbonyl (C=O) groups excluding carboxylic acids is 1. The molecule has 3 heteroatoms. The molecular formula is C15H20O3. The van der Waals surface area contributed by atoms with Crippen molar-refractivity contribution in [3.63, 3.8) is 0 Å². The summed E-state index contributed by atoms with van der Waals surface area (Å²) in [6.07, 6.45) is 3.30. The largest absolute Gasteiger partial charge is 0.497 e. The van der Waals surface area contributed by atoms with E-state index in [0.29, 0.717) is 23.0 Å². The first kappa shape index (κ1) is 12.9. The van der Waals surface area contributed by atoms with Gasteiger partial charge in [-0.15, -0.1) is 0 Å². The Balaban J connectivity index is 2.29. The molecule has 1 aliphatic carbocycles. The molecule has 0 amide bonds. The molecule has 0 aliphatic heterocycles. The van der Waals surface area contributed by atoms with E-state index in [0.717, 1.165) is 19.3 Å². The van der Waals surface area contributed by atoms with Crippen LogP contribution in [0.25, 0.3) is 0 Å². The van der Waals surface area contributed by atoms with Crippen LogP contribution in [-0.4, -0.2) is 20.0 Å². The van der Waals surface area contributed by atoms with E-state index in [4.69, 9.17) is 9.47 Å². The van der Waals surface area contributed by atoms with E-state index in [1.54, 1.807) is 32.4 Å². The number of ether oxygens (including phenoxy) is 2. The minimum Gasteiger partial charge on any atom is -0.497 e. The van der Waals surface area contributed by atoms with Gasteiger partial charge in [0.1, 0.15) is 11.5 Å². The van der Waals surface area contributed by atoms with Crippen LogP contribution in [0.4, 0.5) is 0 Å². The topological polar surface area (TPSA) is 35.5 Å². The number of hydrogen-bond donors (Lipinski definition) is 0. The normalized spacial score (nSPS) is 22.8. The Morgan fingerprint density at radius 3 is 2.17 bits per heavy atom. The van der Waals surface area contributed by atoms with Gasteiger partial charge in [-0.3, -0.25) is 4.79 Å². The quantitative estimate of drug-likeness (QED) is 0.767. The molecule has 1 aromatic carbocycles. The lowest BCUT2D eigenvalue weighted by molar-refractivity contribution is 0.0896. The minimum atomic E-state index is 0.154. The van der Waals surface area contributed by atoms with Crippen LogP contribution in [-0.2, 0) is 0 Å². The van der Waals surface area contributed by atoms with Gasteiger partial charge in [-0.1, -0.05) is 13.3 Å². The summed E-state index contributed by atoms with van der Waals surface area (Å²) in [4.78, 5) is 12.5. The van der Waals surface area contributed by atoms with Gasteiger partial charge in [0.2, 0.25) is 0 Å². The number of benzene rings is 1. The molecule has 1 fully saturated rings. The molecule has 0 N–H and O–H groups in total. The summed E-state index contributed by atoms with van der Waals surface area (Å²) in [5.74, 6) is 2.19. The maximum absolute atomic E-state index is 12.5. The van der Waals surface area contributed by atoms with Crippen LogP contribution >= 0.6 is 0 Å². The molecule has 0 aromatic heterocycles. The number of rotatable bonds is 4. The van der Waals surface area contributed by atoms with E-state index in [9.17, 15) is 4.79 Å². The molecule has 2 rings (SSSR count). The third-order valence-corrected chi connectivity index (χ3v) is 3.83. The number of carbonyl (C=O) groups is 1. The Kier molecular flexibility index (Phi) is 3.90. The van der Waals surface area contributed by atoms with Crippen LogP contribution in [0.5, 0.6) is 11.5 Å². The maximum Gasteiger partial charge on any atom is 0.166 e. The van der Waals surface area contributed by atoms with Crippen LogP contribution in [0.15, 0.2) is 18.2 Å². The lowest BCUT2D eigenvalue weighted by Crippen LogP contribution is -2.17. The van der Waals surface area contributed by atoms with Crippen molar-refractivity contribution in [3.05, 3.63) is 23.8 Å². The van der Waals surface area contributed by atoms with Gasteiger partial charge in [0.25, 0.3) is 0 Å². The molecule has 0 radical (unpaired) electrons. The van der Waals surface area contributed by atoms with E-state index in [1.165, 1.54) is 0 Å². The second kappa shape index (κ2) is 5.42. The number of hydrogen-bond acceptors (Lipinski definition) is 3. The molecule has 1 aromatic rings. The van der Waals surface area contributed by atoms with Crippen molar-refractivity contribution in [2.45, 2.75) is 26.2 Å². The summed E-state index contributed by atoms with van der Waals surface area (Å²) < 4.78 is 10.4. The van der Waals surface area contributed by atoms with Gasteiger partial charge in [-0.05, 0) is 30.9 Å². The fourth-order valence-corrected chi connectivity index (χ4v) is 2.70. The average molecular weight is 248 g/mol. The summed E-state index contributed by atoms with van der Waals surface area (Å²) in [5, 5.41) is 0. The first-order valence-electron chi connectivity index (χ1n) is 6.43. The highest BCUT2D eigenvalue weighted by Crippen LogP contribution is 2.35. The van der Waals surface area contributed by atoms with E-state index in [1.807, 2.05) is 0 Å². The smallest absolute Gasteiger partial charge is 0.166 e. The standard InChI is InChI=1S/C15H20O3/c1-10-5-4-6-14(10)15(16)11-7-12(17-2)9-13(8-11)18-3/h7-10,14H,4-6H2,1-3H3. The number of Topliss-reactive ketones (excluding diaryl/α,β-unsaturated/α-hetero) is 1. The minimum absolute atomic E-state index is 0.154. The van der Waals surface area contributed by atoms with Crippen molar-refractivity contribution in [2.24, 2.45) is 11.8 Å². The molecule has 18 heavy (non-hydrogen) atoms. The molecule has 2 atom stereocenters. The number of ketones is 1. The zero-order valence-corrected chi connectivity index (χ0v) is 11.2. The van der Waals surface area contributed by atoms with Crippen LogP contribution in [0.3, 0.4) is 0 Å². The lowest BCUT2D eigenvalue weighted by atomic mass is 9.89. The fourth-order valence-electron chi connectivity index (χ4n) is 2.70. The van der Waals surface area contributed by atoms with E-state index >= 15 is 0 Å². The molecule has 0 bridgehead atoms. The summed E-state index contributed by atoms with van der Waals surface area (Å²) in [6.45, 7) is 2.16. The highest BCUT2D eigenvalue weighted by Gasteiger charge is 2.30. The first-order chi connectivity index (χ1) is 8.65. The highest BCUT2D eigenvalue weighted by molar-refractivity contribution is 5.98. The van der Waals surface area contributed by atoms with Crippen molar-refractivity contribution in [1.82, 2.24) is 0 Å². The molecule has 0 saturated heterocycles. The summed E-state index contributed by atoms with van der Waals surface area (Å²) in [7, 11) is 3.20. The monoisotopic (exact) mass is 248 g/mol. The van der Waals surface area contributed by atoms with E-state index in [-0.39, 0.29) is 11.7 Å². The lowest BCUT2D eigenvalue weighted by Gasteiger charge is -2.15. The first-order valence-corrected chi connectivity index (χ1v) is 6.43. The van der Waals surface area contributed by atoms with Gasteiger partial charge >= 0.3 is 0 Å². The van der Waals surface area contributed by atoms with Crippen molar-refractivity contribution in [1.29, 1.82) is 0 Å². The Bertz CT molecular complexity index is 417. The van der Waals surface area contributed by atoms with Gasteiger partial charge in [0, 0.05) is 17.5 Å². The molecule has 0 spiro atoms. The second-order valence-electron chi connectivity index (χ2n) is 4.98. The van der Waals surface area contributed by atoms with Crippen molar-refractivity contribution in [2.75, 3.05) is 14.2 Å².